The third-order valence-electron chi connectivity index (χ3n) is 2.24. The summed E-state index contributed by atoms with van der Waals surface area (Å²) in [5, 5.41) is 8.89. The van der Waals surface area contributed by atoms with E-state index in [4.69, 9.17) is 22.4 Å². The van der Waals surface area contributed by atoms with Crippen LogP contribution in [0.15, 0.2) is 0 Å². The summed E-state index contributed by atoms with van der Waals surface area (Å²) < 4.78 is 10.2. The summed E-state index contributed by atoms with van der Waals surface area (Å²) in [6.45, 7) is 3.06. The largest absolute Gasteiger partial charge is 0.460 e. The summed E-state index contributed by atoms with van der Waals surface area (Å²) in [6.07, 6.45) is -0.783. The van der Waals surface area contributed by atoms with Crippen LogP contribution in [0.1, 0.15) is 13.8 Å². The van der Waals surface area contributed by atoms with E-state index >= 15 is 0 Å². The lowest BCUT2D eigenvalue weighted by molar-refractivity contribution is -0.148. The zero-order valence-corrected chi connectivity index (χ0v) is 7.77. The van der Waals surface area contributed by atoms with E-state index in [9.17, 15) is 4.79 Å². The van der Waals surface area contributed by atoms with Gasteiger partial charge in [-0.05, 0) is 0 Å². The van der Waals surface area contributed by atoms with E-state index in [-0.39, 0.29) is 24.6 Å². The highest BCUT2D eigenvalue weighted by molar-refractivity contribution is 6.11. The van der Waals surface area contributed by atoms with Gasteiger partial charge in [-0.1, -0.05) is 6.92 Å². The molecule has 0 unspecified atom stereocenters. The molecule has 5 heteroatoms. The fourth-order valence-corrected chi connectivity index (χ4v) is 1.49. The van der Waals surface area contributed by atoms with E-state index in [2.05, 4.69) is 0 Å². The molecular weight excluding hydrogens is 171 g/mol. The van der Waals surface area contributed by atoms with Crippen molar-refractivity contribution in [2.45, 2.75) is 32.1 Å². The first-order chi connectivity index (χ1) is 6.06. The predicted octanol–water partition coefficient (Wildman–Crippen LogP) is -0.560. The molecule has 1 rings (SSSR count). The molecule has 1 aliphatic rings. The first-order valence-corrected chi connectivity index (χ1v) is 4.25. The zero-order valence-electron chi connectivity index (χ0n) is 7.77. The standard InChI is InChI=1S/C8H13BO4/c1-4-6(3-10)13-8(9)7(4)12-5(2)11/h4,6-8,10H,3H2,1-2H3/t4-,6-,7-,8-/m1/s1. The number of hydrogen-bond donors (Lipinski definition) is 1. The predicted molar refractivity (Wildman–Crippen MR) is 46.2 cm³/mol. The molecule has 0 amide bonds. The SMILES string of the molecule is [B][C@@H]1O[C@H](CO)[C@@H](C)[C@H]1OC(C)=O. The minimum Gasteiger partial charge on any atom is -0.460 e. The van der Waals surface area contributed by atoms with Gasteiger partial charge in [-0.25, -0.2) is 0 Å². The lowest BCUT2D eigenvalue weighted by atomic mass is 9.88. The summed E-state index contributed by atoms with van der Waals surface area (Å²) in [5.74, 6) is -0.446. The van der Waals surface area contributed by atoms with Crippen LogP contribution in [0.3, 0.4) is 0 Å². The Morgan fingerprint density at radius 2 is 2.31 bits per heavy atom. The van der Waals surface area contributed by atoms with Crippen LogP contribution >= 0.6 is 0 Å². The highest BCUT2D eigenvalue weighted by Gasteiger charge is 2.40. The molecule has 1 aliphatic heterocycles. The van der Waals surface area contributed by atoms with Gasteiger partial charge in [-0.3, -0.25) is 4.79 Å². The van der Waals surface area contributed by atoms with Crippen LogP contribution in [0.2, 0.25) is 0 Å². The molecule has 0 saturated carbocycles. The van der Waals surface area contributed by atoms with E-state index < -0.39 is 12.1 Å². The molecule has 0 spiro atoms. The van der Waals surface area contributed by atoms with E-state index in [1.165, 1.54) is 6.92 Å². The first kappa shape index (κ1) is 10.5. The van der Waals surface area contributed by atoms with Crippen LogP contribution in [0.25, 0.3) is 0 Å². The third kappa shape index (κ3) is 2.22. The summed E-state index contributed by atoms with van der Waals surface area (Å²) in [7, 11) is 5.57. The van der Waals surface area contributed by atoms with E-state index in [0.717, 1.165) is 0 Å². The van der Waals surface area contributed by atoms with Crippen LogP contribution in [0, 0.1) is 5.92 Å². The maximum Gasteiger partial charge on any atom is 0.302 e. The van der Waals surface area contributed by atoms with Gasteiger partial charge in [-0.2, -0.15) is 0 Å². The smallest absolute Gasteiger partial charge is 0.302 e. The second kappa shape index (κ2) is 4.11. The molecule has 0 aromatic carbocycles. The molecule has 2 radical (unpaired) electrons. The van der Waals surface area contributed by atoms with Crippen molar-refractivity contribution in [1.29, 1.82) is 0 Å². The normalized spacial score (nSPS) is 39.0. The average Bonchev–Trinajstić information content (AvgIpc) is 2.31. The number of carbonyl (C=O) groups excluding carboxylic acids is 1. The third-order valence-corrected chi connectivity index (χ3v) is 2.24. The number of rotatable bonds is 2. The van der Waals surface area contributed by atoms with Crippen LogP contribution < -0.4 is 0 Å². The molecule has 0 aromatic heterocycles. The lowest BCUT2D eigenvalue weighted by Crippen LogP contribution is -2.31. The van der Waals surface area contributed by atoms with Crippen molar-refractivity contribution in [2.24, 2.45) is 5.92 Å². The minimum atomic E-state index is -0.629. The molecule has 1 fully saturated rings. The van der Waals surface area contributed by atoms with Gasteiger partial charge in [0.2, 0.25) is 0 Å². The van der Waals surface area contributed by atoms with Crippen molar-refractivity contribution in [3.63, 3.8) is 0 Å². The lowest BCUT2D eigenvalue weighted by Gasteiger charge is -2.18. The van der Waals surface area contributed by atoms with E-state index in [1.807, 2.05) is 6.92 Å². The van der Waals surface area contributed by atoms with Crippen molar-refractivity contribution < 1.29 is 19.4 Å². The van der Waals surface area contributed by atoms with Gasteiger partial charge in [0.05, 0.1) is 18.7 Å². The Balaban J connectivity index is 2.58. The molecule has 1 saturated heterocycles. The van der Waals surface area contributed by atoms with E-state index in [1.54, 1.807) is 0 Å². The van der Waals surface area contributed by atoms with Gasteiger partial charge in [0.25, 0.3) is 0 Å². The van der Waals surface area contributed by atoms with Crippen molar-refractivity contribution in [1.82, 2.24) is 0 Å². The van der Waals surface area contributed by atoms with Crippen molar-refractivity contribution >= 4 is 13.8 Å². The molecule has 1 N–H and O–H groups in total. The fourth-order valence-electron chi connectivity index (χ4n) is 1.49. The first-order valence-electron chi connectivity index (χ1n) is 4.25. The Morgan fingerprint density at radius 3 is 2.69 bits per heavy atom. The number of esters is 1. The van der Waals surface area contributed by atoms with Gasteiger partial charge in [0.15, 0.2) is 0 Å². The number of ether oxygens (including phenoxy) is 2. The van der Waals surface area contributed by atoms with Gasteiger partial charge in [0.1, 0.15) is 14.0 Å². The van der Waals surface area contributed by atoms with Gasteiger partial charge >= 0.3 is 5.97 Å². The van der Waals surface area contributed by atoms with Gasteiger partial charge in [0, 0.05) is 12.8 Å². The molecule has 4 nitrogen and oxygen atoms in total. The Morgan fingerprint density at radius 1 is 1.69 bits per heavy atom. The Bertz CT molecular complexity index is 197. The number of hydrogen-bond acceptors (Lipinski definition) is 4. The summed E-state index contributed by atoms with van der Waals surface area (Å²) in [6, 6.07) is -0.629. The molecule has 72 valence electrons. The molecule has 1 heterocycles. The van der Waals surface area contributed by atoms with Crippen LogP contribution in [0.5, 0.6) is 0 Å². The summed E-state index contributed by atoms with van der Waals surface area (Å²) in [5.41, 5.74) is 0. The molecular formula is C8H13BO4. The Kier molecular flexibility index (Phi) is 3.33. The number of aliphatic hydroxyl groups is 1. The molecule has 0 bridgehead atoms. The second-order valence-corrected chi connectivity index (χ2v) is 3.25. The van der Waals surface area contributed by atoms with Crippen LogP contribution in [-0.2, 0) is 14.3 Å². The maximum atomic E-state index is 10.7. The summed E-state index contributed by atoms with van der Waals surface area (Å²) >= 11 is 0. The van der Waals surface area contributed by atoms with Crippen LogP contribution in [-0.4, -0.2) is 43.7 Å². The number of carbonyl (C=O) groups is 1. The Labute approximate surface area is 78.6 Å². The van der Waals surface area contributed by atoms with E-state index in [0.29, 0.717) is 0 Å². The highest BCUT2D eigenvalue weighted by Crippen LogP contribution is 2.27. The van der Waals surface area contributed by atoms with Crippen molar-refractivity contribution in [3.8, 4) is 0 Å². The molecule has 0 aliphatic carbocycles. The zero-order chi connectivity index (χ0) is 10.0. The molecule has 4 atom stereocenters. The maximum absolute atomic E-state index is 10.7. The topological polar surface area (TPSA) is 55.8 Å². The Hall–Kier alpha value is -0.545. The quantitative estimate of drug-likeness (QED) is 0.461. The summed E-state index contributed by atoms with van der Waals surface area (Å²) in [4.78, 5) is 10.7. The van der Waals surface area contributed by atoms with Crippen molar-refractivity contribution in [3.05, 3.63) is 0 Å². The monoisotopic (exact) mass is 184 g/mol. The van der Waals surface area contributed by atoms with Crippen LogP contribution in [0.4, 0.5) is 0 Å². The average molecular weight is 184 g/mol. The van der Waals surface area contributed by atoms with Gasteiger partial charge in [-0.15, -0.1) is 0 Å². The fraction of sp³-hybridized carbons (Fsp3) is 0.875. The molecule has 0 aromatic rings. The van der Waals surface area contributed by atoms with Gasteiger partial charge < -0.3 is 14.6 Å². The number of aliphatic hydroxyl groups excluding tert-OH is 1. The second-order valence-electron chi connectivity index (χ2n) is 3.25. The highest BCUT2D eigenvalue weighted by atomic mass is 16.6. The van der Waals surface area contributed by atoms with Crippen molar-refractivity contribution in [2.75, 3.05) is 6.61 Å². The molecule has 13 heavy (non-hydrogen) atoms. The minimum absolute atomic E-state index is 0.0658.